The van der Waals surface area contributed by atoms with Gasteiger partial charge in [0, 0.05) is 18.9 Å². The molecule has 1 amide bonds. The third kappa shape index (κ3) is 1.84. The molecule has 0 unspecified atom stereocenters. The van der Waals surface area contributed by atoms with E-state index < -0.39 is 0 Å². The Balaban J connectivity index is 1.99. The largest absolute Gasteiger partial charge is 0.491 e. The van der Waals surface area contributed by atoms with E-state index in [1.807, 2.05) is 24.3 Å². The monoisotopic (exact) mass is 243 g/mol. The van der Waals surface area contributed by atoms with Crippen LogP contribution >= 0.6 is 0 Å². The Labute approximate surface area is 105 Å². The molecule has 1 aromatic heterocycles. The predicted molar refractivity (Wildman–Crippen MR) is 66.9 cm³/mol. The number of rotatable bonds is 0. The summed E-state index contributed by atoms with van der Waals surface area (Å²) in [6.07, 6.45) is 5.57. The zero-order valence-electron chi connectivity index (χ0n) is 9.82. The molecule has 1 aromatic carbocycles. The summed E-state index contributed by atoms with van der Waals surface area (Å²) in [5, 5.41) is 0. The molecule has 1 aliphatic rings. The molecule has 0 aliphatic carbocycles. The topological polar surface area (TPSA) is 47.4 Å². The number of hydrogen-bond donors (Lipinski definition) is 0. The highest BCUT2D eigenvalue weighted by Crippen LogP contribution is 2.30. The average Bonchev–Trinajstić information content (AvgIpc) is 2.85. The van der Waals surface area contributed by atoms with Gasteiger partial charge in [-0.05, 0) is 18.6 Å². The molecule has 5 nitrogen and oxygen atoms in total. The standard InChI is InChI=1S/C13H13N3O2/c17-13(15-8-6-14-10-15)16-7-3-9-18-12-5-2-1-4-11(12)16/h1-2,4-6,8,10H,3,7,9H2. The highest BCUT2D eigenvalue weighted by atomic mass is 16.5. The Morgan fingerprint density at radius 2 is 2.22 bits per heavy atom. The third-order valence-corrected chi connectivity index (χ3v) is 2.90. The van der Waals surface area contributed by atoms with Crippen molar-refractivity contribution in [3.63, 3.8) is 0 Å². The van der Waals surface area contributed by atoms with Crippen molar-refractivity contribution in [1.29, 1.82) is 0 Å². The first-order valence-corrected chi connectivity index (χ1v) is 5.88. The number of para-hydroxylation sites is 2. The van der Waals surface area contributed by atoms with Gasteiger partial charge in [-0.2, -0.15) is 0 Å². The van der Waals surface area contributed by atoms with Gasteiger partial charge < -0.3 is 4.74 Å². The molecule has 0 spiro atoms. The zero-order valence-corrected chi connectivity index (χ0v) is 9.82. The van der Waals surface area contributed by atoms with Gasteiger partial charge in [-0.3, -0.25) is 9.47 Å². The summed E-state index contributed by atoms with van der Waals surface area (Å²) in [6.45, 7) is 1.28. The van der Waals surface area contributed by atoms with Crippen molar-refractivity contribution < 1.29 is 9.53 Å². The van der Waals surface area contributed by atoms with E-state index in [9.17, 15) is 4.79 Å². The molecule has 1 aliphatic heterocycles. The highest BCUT2D eigenvalue weighted by molar-refractivity contribution is 5.95. The molecule has 0 saturated heterocycles. The van der Waals surface area contributed by atoms with Crippen molar-refractivity contribution in [2.24, 2.45) is 0 Å². The molecule has 2 aromatic rings. The van der Waals surface area contributed by atoms with E-state index in [1.165, 1.54) is 10.9 Å². The van der Waals surface area contributed by atoms with Crippen LogP contribution in [0.5, 0.6) is 5.75 Å². The fourth-order valence-electron chi connectivity index (χ4n) is 2.04. The lowest BCUT2D eigenvalue weighted by atomic mass is 10.2. The molecule has 18 heavy (non-hydrogen) atoms. The highest BCUT2D eigenvalue weighted by Gasteiger charge is 2.22. The number of imidazole rings is 1. The van der Waals surface area contributed by atoms with E-state index in [1.54, 1.807) is 17.3 Å². The van der Waals surface area contributed by atoms with Crippen LogP contribution in [0.4, 0.5) is 10.5 Å². The number of anilines is 1. The van der Waals surface area contributed by atoms with Crippen LogP contribution in [-0.4, -0.2) is 28.7 Å². The van der Waals surface area contributed by atoms with Crippen LogP contribution in [0, 0.1) is 0 Å². The van der Waals surface area contributed by atoms with Crippen molar-refractivity contribution in [3.05, 3.63) is 43.0 Å². The number of carbonyl (C=O) groups excluding carboxylic acids is 1. The van der Waals surface area contributed by atoms with Crippen molar-refractivity contribution in [3.8, 4) is 5.75 Å². The quantitative estimate of drug-likeness (QED) is 0.712. The van der Waals surface area contributed by atoms with E-state index in [0.717, 1.165) is 17.9 Å². The second-order valence-corrected chi connectivity index (χ2v) is 4.07. The molecule has 0 atom stereocenters. The van der Waals surface area contributed by atoms with Crippen LogP contribution in [0.15, 0.2) is 43.0 Å². The summed E-state index contributed by atoms with van der Waals surface area (Å²) in [7, 11) is 0. The summed E-state index contributed by atoms with van der Waals surface area (Å²) in [6, 6.07) is 7.49. The van der Waals surface area contributed by atoms with Crippen LogP contribution in [-0.2, 0) is 0 Å². The van der Waals surface area contributed by atoms with E-state index >= 15 is 0 Å². The average molecular weight is 243 g/mol. The van der Waals surface area contributed by atoms with Crippen LogP contribution in [0.1, 0.15) is 6.42 Å². The maximum Gasteiger partial charge on any atom is 0.333 e. The Morgan fingerprint density at radius 3 is 3.06 bits per heavy atom. The fourth-order valence-corrected chi connectivity index (χ4v) is 2.04. The summed E-state index contributed by atoms with van der Waals surface area (Å²) >= 11 is 0. The van der Waals surface area contributed by atoms with Gasteiger partial charge in [0.1, 0.15) is 12.1 Å². The van der Waals surface area contributed by atoms with Gasteiger partial charge in [-0.15, -0.1) is 0 Å². The second kappa shape index (κ2) is 4.52. The van der Waals surface area contributed by atoms with Crippen LogP contribution in [0.3, 0.4) is 0 Å². The van der Waals surface area contributed by atoms with Gasteiger partial charge in [0.15, 0.2) is 0 Å². The Bertz CT molecular complexity index is 551. The minimum absolute atomic E-state index is 0.106. The molecule has 0 saturated carbocycles. The summed E-state index contributed by atoms with van der Waals surface area (Å²) < 4.78 is 7.10. The summed E-state index contributed by atoms with van der Waals surface area (Å²) in [5.74, 6) is 0.753. The van der Waals surface area contributed by atoms with E-state index in [0.29, 0.717) is 13.2 Å². The minimum Gasteiger partial charge on any atom is -0.491 e. The lowest BCUT2D eigenvalue weighted by Crippen LogP contribution is -2.34. The number of aromatic nitrogens is 2. The van der Waals surface area contributed by atoms with Crippen LogP contribution < -0.4 is 9.64 Å². The molecule has 0 fully saturated rings. The van der Waals surface area contributed by atoms with E-state index in [4.69, 9.17) is 4.74 Å². The van der Waals surface area contributed by atoms with Crippen molar-refractivity contribution in [2.45, 2.75) is 6.42 Å². The molecular weight excluding hydrogens is 230 g/mol. The van der Waals surface area contributed by atoms with Gasteiger partial charge in [0.2, 0.25) is 0 Å². The summed E-state index contributed by atoms with van der Waals surface area (Å²) in [4.78, 5) is 18.0. The molecule has 2 heterocycles. The molecule has 0 radical (unpaired) electrons. The first-order valence-electron chi connectivity index (χ1n) is 5.88. The maximum absolute atomic E-state index is 12.4. The van der Waals surface area contributed by atoms with Gasteiger partial charge in [0.25, 0.3) is 0 Å². The van der Waals surface area contributed by atoms with Crippen molar-refractivity contribution >= 4 is 11.7 Å². The maximum atomic E-state index is 12.4. The second-order valence-electron chi connectivity index (χ2n) is 4.07. The number of ether oxygens (including phenoxy) is 1. The molecule has 0 N–H and O–H groups in total. The van der Waals surface area contributed by atoms with Gasteiger partial charge in [0.05, 0.1) is 12.3 Å². The Hall–Kier alpha value is -2.30. The number of hydrogen-bond acceptors (Lipinski definition) is 3. The third-order valence-electron chi connectivity index (χ3n) is 2.90. The van der Waals surface area contributed by atoms with E-state index in [2.05, 4.69) is 4.98 Å². The first kappa shape index (κ1) is 10.8. The number of amides is 1. The smallest absolute Gasteiger partial charge is 0.333 e. The Kier molecular flexibility index (Phi) is 2.72. The fraction of sp³-hybridized carbons (Fsp3) is 0.231. The number of nitrogens with zero attached hydrogens (tertiary/aromatic N) is 3. The van der Waals surface area contributed by atoms with Gasteiger partial charge in [-0.25, -0.2) is 9.78 Å². The first-order chi connectivity index (χ1) is 8.86. The molecule has 5 heteroatoms. The van der Waals surface area contributed by atoms with Crippen molar-refractivity contribution in [2.75, 3.05) is 18.1 Å². The predicted octanol–water partition coefficient (Wildman–Crippen LogP) is 2.14. The molecule has 3 rings (SSSR count). The summed E-state index contributed by atoms with van der Waals surface area (Å²) in [5.41, 5.74) is 0.814. The molecule has 0 bridgehead atoms. The number of benzene rings is 1. The molecular formula is C13H13N3O2. The minimum atomic E-state index is -0.106. The SMILES string of the molecule is O=C(N1CCCOc2ccccc21)n1ccnc1. The van der Waals surface area contributed by atoms with Gasteiger partial charge in [-0.1, -0.05) is 12.1 Å². The number of carbonyl (C=O) groups is 1. The lowest BCUT2D eigenvalue weighted by Gasteiger charge is -2.21. The normalized spacial score (nSPS) is 14.6. The zero-order chi connectivity index (χ0) is 12.4. The van der Waals surface area contributed by atoms with Crippen LogP contribution in [0.25, 0.3) is 0 Å². The van der Waals surface area contributed by atoms with Gasteiger partial charge >= 0.3 is 6.03 Å². The van der Waals surface area contributed by atoms with Crippen LogP contribution in [0.2, 0.25) is 0 Å². The van der Waals surface area contributed by atoms with E-state index in [-0.39, 0.29) is 6.03 Å². The van der Waals surface area contributed by atoms with Crippen molar-refractivity contribution in [1.82, 2.24) is 9.55 Å². The number of fused-ring (bicyclic) bond motifs is 1. The molecule has 92 valence electrons. The lowest BCUT2D eigenvalue weighted by molar-refractivity contribution is 0.247. The Morgan fingerprint density at radius 1 is 1.33 bits per heavy atom.